The fourth-order valence-electron chi connectivity index (χ4n) is 3.16. The van der Waals surface area contributed by atoms with Crippen molar-refractivity contribution in [1.82, 2.24) is 10.1 Å². The minimum absolute atomic E-state index is 0.0355. The largest absolute Gasteiger partial charge is 0.375 e. The van der Waals surface area contributed by atoms with E-state index in [1.807, 2.05) is 25.7 Å². The number of benzene rings is 1. The Kier molecular flexibility index (Phi) is 6.47. The number of nitrogens with zero attached hydrogens (tertiary/aromatic N) is 2. The molecular weight excluding hydrogens is 392 g/mol. The summed E-state index contributed by atoms with van der Waals surface area (Å²) >= 11 is 6.11. The van der Waals surface area contributed by atoms with Gasteiger partial charge in [-0.15, -0.1) is 0 Å². The molecule has 29 heavy (non-hydrogen) atoms. The molecular formula is C21H27ClN4O3. The number of halogens is 1. The van der Waals surface area contributed by atoms with E-state index in [1.165, 1.54) is 0 Å². The molecule has 0 bridgehead atoms. The third-order valence-electron chi connectivity index (χ3n) is 4.84. The average molecular weight is 419 g/mol. The fraction of sp³-hybridized carbons (Fsp3) is 0.476. The Bertz CT molecular complexity index is 882. The normalized spacial score (nSPS) is 14.6. The molecule has 0 saturated carbocycles. The van der Waals surface area contributed by atoms with Gasteiger partial charge in [0.1, 0.15) is 0 Å². The second-order valence-electron chi connectivity index (χ2n) is 8.27. The lowest BCUT2D eigenvalue weighted by Crippen LogP contribution is -2.36. The van der Waals surface area contributed by atoms with Crippen molar-refractivity contribution < 1.29 is 14.1 Å². The molecule has 1 fully saturated rings. The third-order valence-corrected chi connectivity index (χ3v) is 5.07. The molecule has 0 unspecified atom stereocenters. The van der Waals surface area contributed by atoms with Gasteiger partial charge in [-0.3, -0.25) is 14.9 Å². The van der Waals surface area contributed by atoms with Crippen LogP contribution >= 0.6 is 11.6 Å². The zero-order chi connectivity index (χ0) is 21.0. The SMILES string of the molecule is CC(C)(C)c1cc(NC(=O)CNc2cc(Cl)ccc2C(=O)N2CCCCC2)on1. The van der Waals surface area contributed by atoms with E-state index in [0.717, 1.165) is 38.0 Å². The maximum Gasteiger partial charge on any atom is 0.255 e. The summed E-state index contributed by atoms with van der Waals surface area (Å²) in [6, 6.07) is 6.76. The van der Waals surface area contributed by atoms with Crippen molar-refractivity contribution in [3.63, 3.8) is 0 Å². The summed E-state index contributed by atoms with van der Waals surface area (Å²) in [7, 11) is 0. The molecule has 2 heterocycles. The molecule has 156 valence electrons. The first-order valence-electron chi connectivity index (χ1n) is 9.84. The van der Waals surface area contributed by atoms with Crippen LogP contribution in [0.1, 0.15) is 56.1 Å². The number of carbonyl (C=O) groups is 2. The van der Waals surface area contributed by atoms with Crippen LogP contribution in [0.15, 0.2) is 28.8 Å². The van der Waals surface area contributed by atoms with Gasteiger partial charge in [0.05, 0.1) is 17.8 Å². The molecule has 0 radical (unpaired) electrons. The first-order valence-corrected chi connectivity index (χ1v) is 10.2. The van der Waals surface area contributed by atoms with Gasteiger partial charge in [0.25, 0.3) is 5.91 Å². The summed E-state index contributed by atoms with van der Waals surface area (Å²) in [6.07, 6.45) is 3.17. The second kappa shape index (κ2) is 8.86. The quantitative estimate of drug-likeness (QED) is 0.755. The first kappa shape index (κ1) is 21.2. The van der Waals surface area contributed by atoms with E-state index < -0.39 is 0 Å². The molecule has 1 aromatic carbocycles. The van der Waals surface area contributed by atoms with Gasteiger partial charge in [-0.1, -0.05) is 37.5 Å². The van der Waals surface area contributed by atoms with Crippen LogP contribution in [0.2, 0.25) is 5.02 Å². The Labute approximate surface area is 175 Å². The summed E-state index contributed by atoms with van der Waals surface area (Å²) in [6.45, 7) is 7.51. The maximum absolute atomic E-state index is 12.9. The van der Waals surface area contributed by atoms with Crippen LogP contribution in [-0.2, 0) is 10.2 Å². The summed E-state index contributed by atoms with van der Waals surface area (Å²) in [5, 5.41) is 10.2. The van der Waals surface area contributed by atoms with Gasteiger partial charge in [-0.05, 0) is 37.5 Å². The Morgan fingerprint density at radius 1 is 1.17 bits per heavy atom. The number of hydrogen-bond acceptors (Lipinski definition) is 5. The van der Waals surface area contributed by atoms with E-state index in [9.17, 15) is 9.59 Å². The topological polar surface area (TPSA) is 87.5 Å². The fourth-order valence-corrected chi connectivity index (χ4v) is 3.33. The van der Waals surface area contributed by atoms with Gasteiger partial charge in [-0.25, -0.2) is 0 Å². The van der Waals surface area contributed by atoms with E-state index in [-0.39, 0.29) is 29.7 Å². The molecule has 1 saturated heterocycles. The zero-order valence-corrected chi connectivity index (χ0v) is 17.8. The number of hydrogen-bond donors (Lipinski definition) is 2. The molecule has 0 atom stereocenters. The Morgan fingerprint density at radius 2 is 1.90 bits per heavy atom. The molecule has 0 spiro atoms. The predicted octanol–water partition coefficient (Wildman–Crippen LogP) is 4.30. The highest BCUT2D eigenvalue weighted by atomic mass is 35.5. The van der Waals surface area contributed by atoms with E-state index >= 15 is 0 Å². The van der Waals surface area contributed by atoms with Crippen molar-refractivity contribution in [3.05, 3.63) is 40.5 Å². The monoisotopic (exact) mass is 418 g/mol. The van der Waals surface area contributed by atoms with Crippen LogP contribution < -0.4 is 10.6 Å². The summed E-state index contributed by atoms with van der Waals surface area (Å²) < 4.78 is 5.18. The number of carbonyl (C=O) groups excluding carboxylic acids is 2. The Hall–Kier alpha value is -2.54. The number of rotatable bonds is 5. The van der Waals surface area contributed by atoms with Crippen molar-refractivity contribution in [2.45, 2.75) is 45.4 Å². The summed E-state index contributed by atoms with van der Waals surface area (Å²) in [4.78, 5) is 27.1. The molecule has 1 aliphatic rings. The lowest BCUT2D eigenvalue weighted by atomic mass is 9.92. The molecule has 1 aromatic heterocycles. The number of aromatic nitrogens is 1. The summed E-state index contributed by atoms with van der Waals surface area (Å²) in [5.74, 6) is -0.0651. The van der Waals surface area contributed by atoms with Crippen molar-refractivity contribution >= 4 is 35.0 Å². The molecule has 1 aliphatic heterocycles. The third kappa shape index (κ3) is 5.50. The van der Waals surface area contributed by atoms with Crippen LogP contribution in [0.5, 0.6) is 0 Å². The second-order valence-corrected chi connectivity index (χ2v) is 8.71. The van der Waals surface area contributed by atoms with E-state index in [0.29, 0.717) is 16.3 Å². The lowest BCUT2D eigenvalue weighted by Gasteiger charge is -2.27. The number of anilines is 2. The van der Waals surface area contributed by atoms with E-state index in [4.69, 9.17) is 16.1 Å². The van der Waals surface area contributed by atoms with Gasteiger partial charge in [0.15, 0.2) is 0 Å². The Balaban J connectivity index is 1.65. The van der Waals surface area contributed by atoms with E-state index in [2.05, 4.69) is 15.8 Å². The van der Waals surface area contributed by atoms with Gasteiger partial charge < -0.3 is 14.7 Å². The molecule has 2 N–H and O–H groups in total. The van der Waals surface area contributed by atoms with Crippen LogP contribution in [0, 0.1) is 0 Å². The highest BCUT2D eigenvalue weighted by Gasteiger charge is 2.22. The van der Waals surface area contributed by atoms with Crippen molar-refractivity contribution in [2.24, 2.45) is 0 Å². The molecule has 2 aromatic rings. The molecule has 3 rings (SSSR count). The summed E-state index contributed by atoms with van der Waals surface area (Å²) in [5.41, 5.74) is 1.63. The van der Waals surface area contributed by atoms with Crippen molar-refractivity contribution in [2.75, 3.05) is 30.3 Å². The molecule has 2 amide bonds. The minimum atomic E-state index is -0.307. The van der Waals surface area contributed by atoms with Crippen LogP contribution in [0.25, 0.3) is 0 Å². The lowest BCUT2D eigenvalue weighted by molar-refractivity contribution is -0.114. The zero-order valence-electron chi connectivity index (χ0n) is 17.0. The van der Waals surface area contributed by atoms with Crippen LogP contribution in [0.3, 0.4) is 0 Å². The Morgan fingerprint density at radius 3 is 2.55 bits per heavy atom. The van der Waals surface area contributed by atoms with Gasteiger partial charge >= 0.3 is 0 Å². The minimum Gasteiger partial charge on any atom is -0.375 e. The maximum atomic E-state index is 12.9. The average Bonchev–Trinajstić information content (AvgIpc) is 3.15. The number of likely N-dealkylation sites (tertiary alicyclic amines) is 1. The first-order chi connectivity index (χ1) is 13.7. The molecule has 0 aliphatic carbocycles. The standard InChI is InChI=1S/C21H27ClN4O3/c1-21(2,3)17-12-19(29-25-17)24-18(27)13-23-16-11-14(22)7-8-15(16)20(28)26-9-5-4-6-10-26/h7-8,11-12,23H,4-6,9-10,13H2,1-3H3,(H,24,27). The van der Waals surface area contributed by atoms with Crippen molar-refractivity contribution in [1.29, 1.82) is 0 Å². The van der Waals surface area contributed by atoms with Gasteiger partial charge in [-0.2, -0.15) is 0 Å². The molecule has 8 heteroatoms. The molecule has 7 nitrogen and oxygen atoms in total. The van der Waals surface area contributed by atoms with Gasteiger partial charge in [0, 0.05) is 35.3 Å². The number of piperidine rings is 1. The smallest absolute Gasteiger partial charge is 0.255 e. The number of amides is 2. The highest BCUT2D eigenvalue weighted by Crippen LogP contribution is 2.25. The highest BCUT2D eigenvalue weighted by molar-refractivity contribution is 6.31. The predicted molar refractivity (Wildman–Crippen MR) is 114 cm³/mol. The van der Waals surface area contributed by atoms with Crippen LogP contribution in [-0.4, -0.2) is 41.5 Å². The van der Waals surface area contributed by atoms with Crippen molar-refractivity contribution in [3.8, 4) is 0 Å². The number of nitrogens with one attached hydrogen (secondary N) is 2. The van der Waals surface area contributed by atoms with Crippen LogP contribution in [0.4, 0.5) is 11.6 Å². The van der Waals surface area contributed by atoms with Gasteiger partial charge in [0.2, 0.25) is 11.8 Å². The van der Waals surface area contributed by atoms with E-state index in [1.54, 1.807) is 24.3 Å².